The van der Waals surface area contributed by atoms with Crippen molar-refractivity contribution >= 4 is 0 Å². The lowest BCUT2D eigenvalue weighted by molar-refractivity contribution is 0.331. The summed E-state index contributed by atoms with van der Waals surface area (Å²) in [6.07, 6.45) is 1.14. The molecule has 2 nitrogen and oxygen atoms in total. The second-order valence-electron chi connectivity index (χ2n) is 6.06. The molecular formula is C17H30N2. The van der Waals surface area contributed by atoms with Gasteiger partial charge in [-0.05, 0) is 30.5 Å². The standard InChI is InChI=1S/C17H30N2/c1-14(2)17-8-6-16(7-9-17)10-12-19(5)13-11-18-15(3)4/h6-9,14-15,18H,10-13H2,1-5H3. The summed E-state index contributed by atoms with van der Waals surface area (Å²) in [6.45, 7) is 12.2. The summed E-state index contributed by atoms with van der Waals surface area (Å²) in [5, 5.41) is 3.45. The average molecular weight is 262 g/mol. The summed E-state index contributed by atoms with van der Waals surface area (Å²) in [7, 11) is 2.20. The average Bonchev–Trinajstić information content (AvgIpc) is 2.36. The van der Waals surface area contributed by atoms with Crippen LogP contribution < -0.4 is 5.32 Å². The van der Waals surface area contributed by atoms with Crippen molar-refractivity contribution in [2.75, 3.05) is 26.7 Å². The van der Waals surface area contributed by atoms with Crippen molar-refractivity contribution in [3.8, 4) is 0 Å². The van der Waals surface area contributed by atoms with E-state index >= 15 is 0 Å². The molecule has 108 valence electrons. The highest BCUT2D eigenvalue weighted by molar-refractivity contribution is 5.24. The Morgan fingerprint density at radius 3 is 2.16 bits per heavy atom. The van der Waals surface area contributed by atoms with Crippen LogP contribution in [0.3, 0.4) is 0 Å². The monoisotopic (exact) mass is 262 g/mol. The van der Waals surface area contributed by atoms with Gasteiger partial charge in [0.15, 0.2) is 0 Å². The van der Waals surface area contributed by atoms with Crippen LogP contribution in [0.4, 0.5) is 0 Å². The Morgan fingerprint density at radius 2 is 1.63 bits per heavy atom. The van der Waals surface area contributed by atoms with Crippen LogP contribution in [0.2, 0.25) is 0 Å². The number of benzene rings is 1. The molecule has 1 N–H and O–H groups in total. The van der Waals surface area contributed by atoms with Crippen molar-refractivity contribution in [3.63, 3.8) is 0 Å². The number of nitrogens with zero attached hydrogens (tertiary/aromatic N) is 1. The van der Waals surface area contributed by atoms with E-state index in [0.717, 1.165) is 26.1 Å². The van der Waals surface area contributed by atoms with Crippen molar-refractivity contribution in [2.24, 2.45) is 0 Å². The first-order chi connectivity index (χ1) is 8.99. The van der Waals surface area contributed by atoms with E-state index in [1.807, 2.05) is 0 Å². The molecule has 0 radical (unpaired) electrons. The molecule has 0 fully saturated rings. The van der Waals surface area contributed by atoms with Gasteiger partial charge in [0.05, 0.1) is 0 Å². The fourth-order valence-electron chi connectivity index (χ4n) is 2.05. The van der Waals surface area contributed by atoms with Gasteiger partial charge in [-0.25, -0.2) is 0 Å². The molecule has 19 heavy (non-hydrogen) atoms. The van der Waals surface area contributed by atoms with Crippen LogP contribution in [0, 0.1) is 0 Å². The van der Waals surface area contributed by atoms with Gasteiger partial charge >= 0.3 is 0 Å². The predicted molar refractivity (Wildman–Crippen MR) is 84.9 cm³/mol. The first-order valence-corrected chi connectivity index (χ1v) is 7.49. The third-order valence-electron chi connectivity index (χ3n) is 3.47. The number of hydrogen-bond donors (Lipinski definition) is 1. The van der Waals surface area contributed by atoms with Crippen LogP contribution in [0.15, 0.2) is 24.3 Å². The van der Waals surface area contributed by atoms with Gasteiger partial charge in [0, 0.05) is 25.7 Å². The zero-order valence-electron chi connectivity index (χ0n) is 13.2. The summed E-state index contributed by atoms with van der Waals surface area (Å²) < 4.78 is 0. The molecule has 0 amide bonds. The molecule has 0 saturated carbocycles. The summed E-state index contributed by atoms with van der Waals surface area (Å²) >= 11 is 0. The first-order valence-electron chi connectivity index (χ1n) is 7.49. The highest BCUT2D eigenvalue weighted by Crippen LogP contribution is 2.14. The van der Waals surface area contributed by atoms with Gasteiger partial charge in [0.1, 0.15) is 0 Å². The van der Waals surface area contributed by atoms with Crippen molar-refractivity contribution < 1.29 is 0 Å². The van der Waals surface area contributed by atoms with E-state index in [2.05, 4.69) is 69.2 Å². The molecule has 1 aromatic rings. The smallest absolute Gasteiger partial charge is 0.0104 e. The molecule has 0 saturated heterocycles. The summed E-state index contributed by atoms with van der Waals surface area (Å²) in [4.78, 5) is 2.39. The quantitative estimate of drug-likeness (QED) is 0.773. The van der Waals surface area contributed by atoms with E-state index in [1.165, 1.54) is 11.1 Å². The summed E-state index contributed by atoms with van der Waals surface area (Å²) in [6, 6.07) is 9.66. The Balaban J connectivity index is 2.27. The fraction of sp³-hybridized carbons (Fsp3) is 0.647. The van der Waals surface area contributed by atoms with E-state index in [-0.39, 0.29) is 0 Å². The second-order valence-corrected chi connectivity index (χ2v) is 6.06. The highest BCUT2D eigenvalue weighted by atomic mass is 15.1. The van der Waals surface area contributed by atoms with Gasteiger partial charge in [-0.2, -0.15) is 0 Å². The zero-order chi connectivity index (χ0) is 14.3. The van der Waals surface area contributed by atoms with Crippen LogP contribution >= 0.6 is 0 Å². The van der Waals surface area contributed by atoms with Crippen LogP contribution in [0.25, 0.3) is 0 Å². The first kappa shape index (κ1) is 16.2. The van der Waals surface area contributed by atoms with Gasteiger partial charge < -0.3 is 10.2 Å². The van der Waals surface area contributed by atoms with Crippen molar-refractivity contribution in [2.45, 2.75) is 46.1 Å². The minimum atomic E-state index is 0.581. The Labute approximate surface area is 119 Å². The molecule has 2 heteroatoms. The molecule has 1 aromatic carbocycles. The lowest BCUT2D eigenvalue weighted by Crippen LogP contribution is -2.33. The van der Waals surface area contributed by atoms with Crippen LogP contribution in [0.1, 0.15) is 44.7 Å². The Kier molecular flexibility index (Phi) is 7.11. The van der Waals surface area contributed by atoms with Gasteiger partial charge in [0.25, 0.3) is 0 Å². The maximum absolute atomic E-state index is 3.45. The van der Waals surface area contributed by atoms with E-state index in [1.54, 1.807) is 0 Å². The second kappa shape index (κ2) is 8.34. The Hall–Kier alpha value is -0.860. The van der Waals surface area contributed by atoms with Gasteiger partial charge in [0.2, 0.25) is 0 Å². The van der Waals surface area contributed by atoms with Gasteiger partial charge in [-0.3, -0.25) is 0 Å². The van der Waals surface area contributed by atoms with E-state index in [9.17, 15) is 0 Å². The van der Waals surface area contributed by atoms with E-state index in [4.69, 9.17) is 0 Å². The minimum absolute atomic E-state index is 0.581. The van der Waals surface area contributed by atoms with Crippen molar-refractivity contribution in [1.82, 2.24) is 10.2 Å². The van der Waals surface area contributed by atoms with Gasteiger partial charge in [-0.15, -0.1) is 0 Å². The highest BCUT2D eigenvalue weighted by Gasteiger charge is 2.02. The van der Waals surface area contributed by atoms with Crippen molar-refractivity contribution in [3.05, 3.63) is 35.4 Å². The molecule has 1 rings (SSSR count). The number of nitrogens with one attached hydrogen (secondary N) is 1. The Morgan fingerprint density at radius 1 is 1.00 bits per heavy atom. The SMILES string of the molecule is CC(C)NCCN(C)CCc1ccc(C(C)C)cc1. The lowest BCUT2D eigenvalue weighted by atomic mass is 10.0. The third-order valence-corrected chi connectivity index (χ3v) is 3.47. The van der Waals surface area contributed by atoms with Crippen LogP contribution in [-0.2, 0) is 6.42 Å². The molecule has 0 spiro atoms. The van der Waals surface area contributed by atoms with Crippen LogP contribution in [0.5, 0.6) is 0 Å². The molecule has 0 atom stereocenters. The normalized spacial score (nSPS) is 11.8. The molecule has 0 aliphatic heterocycles. The molecular weight excluding hydrogens is 232 g/mol. The number of hydrogen-bond acceptors (Lipinski definition) is 2. The molecule has 0 bridgehead atoms. The molecule has 0 unspecified atom stereocenters. The van der Waals surface area contributed by atoms with Crippen molar-refractivity contribution in [1.29, 1.82) is 0 Å². The molecule has 0 aliphatic rings. The topological polar surface area (TPSA) is 15.3 Å². The fourth-order valence-corrected chi connectivity index (χ4v) is 2.05. The maximum atomic E-state index is 3.45. The zero-order valence-corrected chi connectivity index (χ0v) is 13.2. The van der Waals surface area contributed by atoms with E-state index in [0.29, 0.717) is 12.0 Å². The van der Waals surface area contributed by atoms with Crippen LogP contribution in [-0.4, -0.2) is 37.6 Å². The number of likely N-dealkylation sites (N-methyl/N-ethyl adjacent to an activating group) is 1. The summed E-state index contributed by atoms with van der Waals surface area (Å²) in [5.74, 6) is 0.624. The predicted octanol–water partition coefficient (Wildman–Crippen LogP) is 3.28. The van der Waals surface area contributed by atoms with Gasteiger partial charge in [-0.1, -0.05) is 52.0 Å². The Bertz CT molecular complexity index is 341. The lowest BCUT2D eigenvalue weighted by Gasteiger charge is -2.18. The molecule has 0 heterocycles. The minimum Gasteiger partial charge on any atom is -0.313 e. The third kappa shape index (κ3) is 6.74. The van der Waals surface area contributed by atoms with E-state index < -0.39 is 0 Å². The largest absolute Gasteiger partial charge is 0.313 e. The maximum Gasteiger partial charge on any atom is 0.0104 e. The number of rotatable bonds is 8. The summed E-state index contributed by atoms with van der Waals surface area (Å²) in [5.41, 5.74) is 2.87. The molecule has 0 aromatic heterocycles. The molecule has 0 aliphatic carbocycles.